The van der Waals surface area contributed by atoms with Gasteiger partial charge in [-0.2, -0.15) is 0 Å². The van der Waals surface area contributed by atoms with E-state index in [0.717, 1.165) is 47.8 Å². The molecule has 19 heavy (non-hydrogen) atoms. The van der Waals surface area contributed by atoms with E-state index in [-0.39, 0.29) is 5.91 Å². The van der Waals surface area contributed by atoms with Gasteiger partial charge in [0.2, 0.25) is 0 Å². The molecular weight excluding hydrogens is 302 g/mol. The second-order valence-corrected chi connectivity index (χ2v) is 6.65. The zero-order valence-corrected chi connectivity index (χ0v) is 13.3. The van der Waals surface area contributed by atoms with Crippen molar-refractivity contribution in [3.63, 3.8) is 0 Å². The van der Waals surface area contributed by atoms with Crippen LogP contribution in [0, 0.1) is 11.8 Å². The largest absolute Gasteiger partial charge is 0.339 e. The molecule has 2 nitrogen and oxygen atoms in total. The minimum atomic E-state index is 0.172. The third-order valence-corrected chi connectivity index (χ3v) is 4.57. The molecule has 1 aromatic carbocycles. The Hall–Kier alpha value is -0.830. The van der Waals surface area contributed by atoms with Crippen LogP contribution in [0.25, 0.3) is 0 Å². The maximum atomic E-state index is 12.5. The average molecular weight is 324 g/mol. The molecule has 1 saturated heterocycles. The molecule has 1 atom stereocenters. The van der Waals surface area contributed by atoms with Crippen molar-refractivity contribution in [2.75, 3.05) is 13.1 Å². The van der Waals surface area contributed by atoms with Gasteiger partial charge in [-0.3, -0.25) is 4.79 Å². The number of likely N-dealkylation sites (tertiary alicyclic amines) is 1. The molecule has 104 valence electrons. The van der Waals surface area contributed by atoms with Crippen LogP contribution in [0.3, 0.4) is 0 Å². The quantitative estimate of drug-likeness (QED) is 0.792. The lowest BCUT2D eigenvalue weighted by Crippen LogP contribution is -2.32. The third kappa shape index (κ3) is 3.82. The smallest absolute Gasteiger partial charge is 0.253 e. The Morgan fingerprint density at radius 2 is 2.11 bits per heavy atom. The molecule has 0 aromatic heterocycles. The first-order valence-electron chi connectivity index (χ1n) is 7.13. The molecule has 1 amide bonds. The monoisotopic (exact) mass is 323 g/mol. The van der Waals surface area contributed by atoms with E-state index in [1.807, 2.05) is 29.2 Å². The zero-order chi connectivity index (χ0) is 13.8. The molecule has 3 heteroatoms. The highest BCUT2D eigenvalue weighted by Crippen LogP contribution is 2.25. The summed E-state index contributed by atoms with van der Waals surface area (Å²) >= 11 is 3.43. The SMILES string of the molecule is CC(C)C1CCCN(C(=O)c2cccc(Br)c2)CC1. The summed E-state index contributed by atoms with van der Waals surface area (Å²) in [5.74, 6) is 1.66. The van der Waals surface area contributed by atoms with Gasteiger partial charge in [0.1, 0.15) is 0 Å². The van der Waals surface area contributed by atoms with Crippen molar-refractivity contribution in [2.45, 2.75) is 33.1 Å². The van der Waals surface area contributed by atoms with E-state index in [0.29, 0.717) is 0 Å². The van der Waals surface area contributed by atoms with E-state index < -0.39 is 0 Å². The van der Waals surface area contributed by atoms with Gasteiger partial charge in [0.25, 0.3) is 5.91 Å². The number of halogens is 1. The normalized spacial score (nSPS) is 20.4. The highest BCUT2D eigenvalue weighted by atomic mass is 79.9. The van der Waals surface area contributed by atoms with Crippen LogP contribution in [0.5, 0.6) is 0 Å². The second-order valence-electron chi connectivity index (χ2n) is 5.74. The Labute approximate surface area is 124 Å². The summed E-state index contributed by atoms with van der Waals surface area (Å²) in [5, 5.41) is 0. The summed E-state index contributed by atoms with van der Waals surface area (Å²) in [5.41, 5.74) is 0.789. The van der Waals surface area contributed by atoms with Gasteiger partial charge in [-0.25, -0.2) is 0 Å². The number of benzene rings is 1. The molecule has 1 heterocycles. The molecule has 0 saturated carbocycles. The van der Waals surface area contributed by atoms with Crippen molar-refractivity contribution in [3.8, 4) is 0 Å². The average Bonchev–Trinajstić information content (AvgIpc) is 2.63. The van der Waals surface area contributed by atoms with E-state index in [4.69, 9.17) is 0 Å². The molecule has 1 fully saturated rings. The van der Waals surface area contributed by atoms with Crippen LogP contribution in [-0.4, -0.2) is 23.9 Å². The fourth-order valence-corrected chi connectivity index (χ4v) is 3.20. The van der Waals surface area contributed by atoms with Crippen molar-refractivity contribution < 1.29 is 4.79 Å². The van der Waals surface area contributed by atoms with Crippen LogP contribution in [0.2, 0.25) is 0 Å². The first-order chi connectivity index (χ1) is 9.08. The molecule has 0 aliphatic carbocycles. The van der Waals surface area contributed by atoms with Crippen molar-refractivity contribution in [1.29, 1.82) is 0 Å². The van der Waals surface area contributed by atoms with Gasteiger partial charge in [-0.05, 0) is 49.3 Å². The van der Waals surface area contributed by atoms with E-state index in [2.05, 4.69) is 29.8 Å². The number of carbonyl (C=O) groups is 1. The second kappa shape index (κ2) is 6.56. The van der Waals surface area contributed by atoms with Gasteiger partial charge in [0, 0.05) is 23.1 Å². The Bertz CT molecular complexity index is 444. The van der Waals surface area contributed by atoms with E-state index in [9.17, 15) is 4.79 Å². The summed E-state index contributed by atoms with van der Waals surface area (Å²) < 4.78 is 0.966. The lowest BCUT2D eigenvalue weighted by molar-refractivity contribution is 0.0758. The Kier molecular flexibility index (Phi) is 5.03. The first-order valence-corrected chi connectivity index (χ1v) is 7.92. The highest BCUT2D eigenvalue weighted by Gasteiger charge is 2.23. The topological polar surface area (TPSA) is 20.3 Å². The van der Waals surface area contributed by atoms with Crippen LogP contribution in [0.4, 0.5) is 0 Å². The van der Waals surface area contributed by atoms with Gasteiger partial charge in [-0.1, -0.05) is 35.8 Å². The van der Waals surface area contributed by atoms with Crippen molar-refractivity contribution in [2.24, 2.45) is 11.8 Å². The molecule has 2 rings (SSSR count). The molecule has 1 aromatic rings. The van der Waals surface area contributed by atoms with Gasteiger partial charge in [0.05, 0.1) is 0 Å². The maximum Gasteiger partial charge on any atom is 0.253 e. The summed E-state index contributed by atoms with van der Waals surface area (Å²) in [7, 11) is 0. The summed E-state index contributed by atoms with van der Waals surface area (Å²) in [6.45, 7) is 6.37. The summed E-state index contributed by atoms with van der Waals surface area (Å²) in [6.07, 6.45) is 3.51. The van der Waals surface area contributed by atoms with Crippen LogP contribution < -0.4 is 0 Å². The lowest BCUT2D eigenvalue weighted by atomic mass is 9.89. The minimum absolute atomic E-state index is 0.172. The third-order valence-electron chi connectivity index (χ3n) is 4.07. The van der Waals surface area contributed by atoms with E-state index in [1.165, 1.54) is 6.42 Å². The highest BCUT2D eigenvalue weighted by molar-refractivity contribution is 9.10. The predicted molar refractivity (Wildman–Crippen MR) is 82.2 cm³/mol. The van der Waals surface area contributed by atoms with Crippen molar-refractivity contribution in [1.82, 2.24) is 4.90 Å². The summed E-state index contributed by atoms with van der Waals surface area (Å²) in [6, 6.07) is 7.69. The number of hydrogen-bond acceptors (Lipinski definition) is 1. The number of rotatable bonds is 2. The molecule has 0 bridgehead atoms. The van der Waals surface area contributed by atoms with Crippen LogP contribution >= 0.6 is 15.9 Å². The van der Waals surface area contributed by atoms with Crippen molar-refractivity contribution >= 4 is 21.8 Å². The van der Waals surface area contributed by atoms with E-state index >= 15 is 0 Å². The van der Waals surface area contributed by atoms with Crippen LogP contribution in [0.15, 0.2) is 28.7 Å². The van der Waals surface area contributed by atoms with Gasteiger partial charge in [-0.15, -0.1) is 0 Å². The number of carbonyl (C=O) groups excluding carboxylic acids is 1. The fourth-order valence-electron chi connectivity index (χ4n) is 2.80. The molecule has 1 aliphatic rings. The Morgan fingerprint density at radius 3 is 2.79 bits per heavy atom. The number of nitrogens with zero attached hydrogens (tertiary/aromatic N) is 1. The molecule has 0 N–H and O–H groups in total. The van der Waals surface area contributed by atoms with Crippen LogP contribution in [-0.2, 0) is 0 Å². The molecule has 1 unspecified atom stereocenters. The molecule has 0 spiro atoms. The Balaban J connectivity index is 2.04. The number of hydrogen-bond donors (Lipinski definition) is 0. The molecule has 1 aliphatic heterocycles. The lowest BCUT2D eigenvalue weighted by Gasteiger charge is -2.21. The maximum absolute atomic E-state index is 12.5. The van der Waals surface area contributed by atoms with Gasteiger partial charge >= 0.3 is 0 Å². The minimum Gasteiger partial charge on any atom is -0.339 e. The van der Waals surface area contributed by atoms with E-state index in [1.54, 1.807) is 0 Å². The summed E-state index contributed by atoms with van der Waals surface area (Å²) in [4.78, 5) is 14.5. The van der Waals surface area contributed by atoms with Crippen LogP contribution in [0.1, 0.15) is 43.5 Å². The fraction of sp³-hybridized carbons (Fsp3) is 0.562. The predicted octanol–water partition coefficient (Wildman–Crippen LogP) is 4.35. The first kappa shape index (κ1) is 14.6. The number of amides is 1. The van der Waals surface area contributed by atoms with Gasteiger partial charge < -0.3 is 4.90 Å². The Morgan fingerprint density at radius 1 is 1.32 bits per heavy atom. The molecular formula is C16H22BrNO. The van der Waals surface area contributed by atoms with Gasteiger partial charge in [0.15, 0.2) is 0 Å². The van der Waals surface area contributed by atoms with Crippen molar-refractivity contribution in [3.05, 3.63) is 34.3 Å². The zero-order valence-electron chi connectivity index (χ0n) is 11.7. The standard InChI is InChI=1S/C16H22BrNO/c1-12(2)13-6-4-9-18(10-8-13)16(19)14-5-3-7-15(17)11-14/h3,5,7,11-13H,4,6,8-10H2,1-2H3. The molecule has 0 radical (unpaired) electrons.